The summed E-state index contributed by atoms with van der Waals surface area (Å²) in [7, 11) is -0.723. The quantitative estimate of drug-likeness (QED) is 0.683. The van der Waals surface area contributed by atoms with Crippen LogP contribution in [0.1, 0.15) is 11.7 Å². The molecule has 2 aliphatic heterocycles. The molecule has 1 aromatic carbocycles. The van der Waals surface area contributed by atoms with Crippen LogP contribution in [0.2, 0.25) is 0 Å². The Labute approximate surface area is 104 Å². The van der Waals surface area contributed by atoms with E-state index in [-0.39, 0.29) is 25.6 Å². The summed E-state index contributed by atoms with van der Waals surface area (Å²) in [6.45, 7) is 0.192. The van der Waals surface area contributed by atoms with Crippen molar-refractivity contribution >= 4 is 12.6 Å². The number of hydrogen-bond acceptors (Lipinski definition) is 5. The molecule has 7 heteroatoms. The first-order chi connectivity index (χ1) is 8.74. The molecular weight excluding hydrogens is 240 g/mol. The highest BCUT2D eigenvalue weighted by molar-refractivity contribution is 6.64. The van der Waals surface area contributed by atoms with Crippen LogP contribution < -0.4 is 15.9 Å². The minimum absolute atomic E-state index is 0.164. The molecule has 3 rings (SSSR count). The first-order valence-electron chi connectivity index (χ1n) is 5.81. The van der Waals surface area contributed by atoms with Crippen molar-refractivity contribution in [1.82, 2.24) is 0 Å². The van der Waals surface area contributed by atoms with Crippen LogP contribution in [0.4, 0.5) is 4.39 Å². The van der Waals surface area contributed by atoms with Gasteiger partial charge in [0, 0.05) is 17.6 Å². The molecule has 5 nitrogen and oxygen atoms in total. The highest BCUT2D eigenvalue weighted by Crippen LogP contribution is 2.32. The van der Waals surface area contributed by atoms with E-state index in [1.807, 2.05) is 0 Å². The van der Waals surface area contributed by atoms with Crippen LogP contribution >= 0.6 is 0 Å². The summed E-state index contributed by atoms with van der Waals surface area (Å²) < 4.78 is 30.5. The van der Waals surface area contributed by atoms with Gasteiger partial charge in [0.05, 0.1) is 12.7 Å². The van der Waals surface area contributed by atoms with Gasteiger partial charge in [-0.05, 0) is 12.1 Å². The smallest absolute Gasteiger partial charge is 0.491 e. The van der Waals surface area contributed by atoms with Gasteiger partial charge in [0.1, 0.15) is 24.3 Å². The molecule has 0 fully saturated rings. The van der Waals surface area contributed by atoms with Gasteiger partial charge in [-0.2, -0.15) is 0 Å². The highest BCUT2D eigenvalue weighted by Gasteiger charge is 2.44. The third-order valence-corrected chi connectivity index (χ3v) is 3.20. The molecule has 0 spiro atoms. The predicted octanol–water partition coefficient (Wildman–Crippen LogP) is -0.679. The van der Waals surface area contributed by atoms with E-state index >= 15 is 0 Å². The van der Waals surface area contributed by atoms with E-state index in [9.17, 15) is 4.39 Å². The molecule has 96 valence electrons. The fraction of sp³-hybridized carbons (Fsp3) is 0.455. The lowest BCUT2D eigenvalue weighted by atomic mass is 9.77. The van der Waals surface area contributed by atoms with Gasteiger partial charge in [0.2, 0.25) is 0 Å². The van der Waals surface area contributed by atoms with Gasteiger partial charge in [0.25, 0.3) is 0 Å². The number of aliphatic hydroxyl groups is 1. The molecule has 0 aromatic heterocycles. The Morgan fingerprint density at radius 1 is 1.44 bits per heavy atom. The zero-order chi connectivity index (χ0) is 12.7. The maximum absolute atomic E-state index is 13.9. The average Bonchev–Trinajstić information content (AvgIpc) is 2.66. The number of aliphatic hydroxyl groups excluding tert-OH is 1. The van der Waals surface area contributed by atoms with E-state index in [0.29, 0.717) is 16.8 Å². The van der Waals surface area contributed by atoms with Crippen LogP contribution in [0.25, 0.3) is 0 Å². The summed E-state index contributed by atoms with van der Waals surface area (Å²) in [6, 6.07) is 2.88. The summed E-state index contributed by atoms with van der Waals surface area (Å²) in [5.41, 5.74) is 6.53. The lowest BCUT2D eigenvalue weighted by Crippen LogP contribution is -2.36. The Morgan fingerprint density at radius 3 is 3.00 bits per heavy atom. The Kier molecular flexibility index (Phi) is 2.99. The molecule has 2 unspecified atom stereocenters. The molecule has 2 heterocycles. The third-order valence-electron chi connectivity index (χ3n) is 3.20. The predicted molar refractivity (Wildman–Crippen MR) is 62.1 cm³/mol. The summed E-state index contributed by atoms with van der Waals surface area (Å²) in [5, 5.41) is 9.14. The largest absolute Gasteiger partial charge is 0.499 e. The standard InChI is InChI=1S/C11H13BFNO4/c13-7-1-2-8-11-10(7)9(3-14)18-12(11)17-6(4-15)5-16-8/h1-2,6,9,15H,3-5,14H2. The van der Waals surface area contributed by atoms with Gasteiger partial charge >= 0.3 is 7.12 Å². The monoisotopic (exact) mass is 253 g/mol. The number of ether oxygens (including phenoxy) is 1. The molecule has 2 aliphatic rings. The van der Waals surface area contributed by atoms with E-state index < -0.39 is 19.3 Å². The summed E-state index contributed by atoms with van der Waals surface area (Å²) in [5.74, 6) is 0.157. The van der Waals surface area contributed by atoms with Gasteiger partial charge < -0.3 is 24.9 Å². The number of halogens is 1. The summed E-state index contributed by atoms with van der Waals surface area (Å²) in [4.78, 5) is 0. The maximum Gasteiger partial charge on any atom is 0.499 e. The van der Waals surface area contributed by atoms with Crippen molar-refractivity contribution in [3.8, 4) is 5.75 Å². The maximum atomic E-state index is 13.9. The van der Waals surface area contributed by atoms with Crippen LogP contribution in [-0.4, -0.2) is 38.1 Å². The number of hydrogen-bond donors (Lipinski definition) is 2. The minimum Gasteiger partial charge on any atom is -0.491 e. The topological polar surface area (TPSA) is 73.9 Å². The number of rotatable bonds is 2. The van der Waals surface area contributed by atoms with E-state index in [1.165, 1.54) is 6.07 Å². The molecule has 0 radical (unpaired) electrons. The van der Waals surface area contributed by atoms with E-state index in [4.69, 9.17) is 24.9 Å². The van der Waals surface area contributed by atoms with Crippen LogP contribution in [-0.2, 0) is 9.31 Å². The Balaban J connectivity index is 2.08. The zero-order valence-corrected chi connectivity index (χ0v) is 9.64. The molecule has 2 atom stereocenters. The van der Waals surface area contributed by atoms with E-state index in [1.54, 1.807) is 6.07 Å². The van der Waals surface area contributed by atoms with Gasteiger partial charge in [-0.25, -0.2) is 4.39 Å². The normalized spacial score (nSPS) is 25.6. The van der Waals surface area contributed by atoms with Gasteiger partial charge in [-0.15, -0.1) is 0 Å². The Hall–Kier alpha value is -1.15. The highest BCUT2D eigenvalue weighted by atomic mass is 19.1. The van der Waals surface area contributed by atoms with Crippen molar-refractivity contribution in [3.05, 3.63) is 23.5 Å². The van der Waals surface area contributed by atoms with Crippen molar-refractivity contribution in [2.24, 2.45) is 5.73 Å². The minimum atomic E-state index is -0.723. The number of benzene rings is 1. The molecular formula is C11H13BFNO4. The van der Waals surface area contributed by atoms with E-state index in [2.05, 4.69) is 0 Å². The van der Waals surface area contributed by atoms with Crippen molar-refractivity contribution in [3.63, 3.8) is 0 Å². The van der Waals surface area contributed by atoms with Crippen LogP contribution in [0, 0.1) is 5.82 Å². The molecule has 0 aliphatic carbocycles. The summed E-state index contributed by atoms with van der Waals surface area (Å²) in [6.07, 6.45) is -1.03. The zero-order valence-electron chi connectivity index (χ0n) is 9.64. The lowest BCUT2D eigenvalue weighted by molar-refractivity contribution is 0.0494. The molecule has 0 bridgehead atoms. The Morgan fingerprint density at radius 2 is 2.28 bits per heavy atom. The number of nitrogens with two attached hydrogens (primary N) is 1. The second kappa shape index (κ2) is 4.51. The molecule has 3 N–H and O–H groups in total. The van der Waals surface area contributed by atoms with Gasteiger partial charge in [0.15, 0.2) is 0 Å². The van der Waals surface area contributed by atoms with Gasteiger partial charge in [-0.3, -0.25) is 0 Å². The molecule has 1 aromatic rings. The SMILES string of the molecule is NCC1OB2OC(CO)COc3ccc(F)c1c32. The first-order valence-corrected chi connectivity index (χ1v) is 5.81. The molecule has 0 saturated carbocycles. The van der Waals surface area contributed by atoms with Crippen molar-refractivity contribution in [1.29, 1.82) is 0 Å². The van der Waals surface area contributed by atoms with Gasteiger partial charge in [-0.1, -0.05) is 0 Å². The lowest BCUT2D eigenvalue weighted by Gasteiger charge is -2.16. The van der Waals surface area contributed by atoms with Crippen molar-refractivity contribution in [2.45, 2.75) is 12.2 Å². The third kappa shape index (κ3) is 1.71. The Bertz CT molecular complexity index is 473. The van der Waals surface area contributed by atoms with Crippen LogP contribution in [0.5, 0.6) is 5.75 Å². The second-order valence-electron chi connectivity index (χ2n) is 4.32. The van der Waals surface area contributed by atoms with Crippen LogP contribution in [0.3, 0.4) is 0 Å². The first kappa shape index (κ1) is 11.9. The van der Waals surface area contributed by atoms with Crippen molar-refractivity contribution < 1.29 is 23.5 Å². The molecule has 0 saturated heterocycles. The molecule has 18 heavy (non-hydrogen) atoms. The fourth-order valence-corrected chi connectivity index (χ4v) is 2.34. The summed E-state index contributed by atoms with van der Waals surface area (Å²) >= 11 is 0. The second-order valence-corrected chi connectivity index (χ2v) is 4.32. The average molecular weight is 253 g/mol. The molecule has 0 amide bonds. The van der Waals surface area contributed by atoms with Crippen LogP contribution in [0.15, 0.2) is 12.1 Å². The van der Waals surface area contributed by atoms with E-state index in [0.717, 1.165) is 0 Å². The fourth-order valence-electron chi connectivity index (χ4n) is 2.34. The van der Waals surface area contributed by atoms with Crippen molar-refractivity contribution in [2.75, 3.05) is 19.8 Å².